The van der Waals surface area contributed by atoms with Gasteiger partial charge in [0, 0.05) is 23.8 Å². The highest BCUT2D eigenvalue weighted by Gasteiger charge is 2.23. The fourth-order valence-corrected chi connectivity index (χ4v) is 3.53. The second-order valence-corrected chi connectivity index (χ2v) is 7.19. The first kappa shape index (κ1) is 20.4. The van der Waals surface area contributed by atoms with Crippen LogP contribution >= 0.6 is 11.6 Å². The zero-order chi connectivity index (χ0) is 22.0. The number of methoxy groups -OCH3 is 1. The topological polar surface area (TPSA) is 93.5 Å². The molecule has 156 valence electrons. The maximum absolute atomic E-state index is 13.4. The summed E-state index contributed by atoms with van der Waals surface area (Å²) >= 11 is 5.98. The van der Waals surface area contributed by atoms with Crippen molar-refractivity contribution < 1.29 is 14.6 Å². The number of carbonyl (C=O) groups excluding carboxylic acids is 1. The van der Waals surface area contributed by atoms with Gasteiger partial charge in [-0.2, -0.15) is 0 Å². The van der Waals surface area contributed by atoms with E-state index >= 15 is 0 Å². The number of benzene rings is 2. The highest BCUT2D eigenvalue weighted by atomic mass is 35.5. The molecule has 0 saturated heterocycles. The predicted molar refractivity (Wildman–Crippen MR) is 118 cm³/mol. The number of carbonyl (C=O) groups is 1. The van der Waals surface area contributed by atoms with Gasteiger partial charge in [-0.15, -0.1) is 0 Å². The number of halogens is 1. The molecule has 31 heavy (non-hydrogen) atoms. The Morgan fingerprint density at radius 2 is 1.97 bits per heavy atom. The van der Waals surface area contributed by atoms with Crippen LogP contribution in [0.4, 0.5) is 0 Å². The van der Waals surface area contributed by atoms with Crippen LogP contribution in [0.15, 0.2) is 71.7 Å². The number of rotatable bonds is 5. The summed E-state index contributed by atoms with van der Waals surface area (Å²) in [5, 5.41) is 14.2. The molecule has 2 aromatic carbocycles. The monoisotopic (exact) mass is 435 g/mol. The van der Waals surface area contributed by atoms with Gasteiger partial charge in [-0.25, -0.2) is 4.98 Å². The third-order valence-electron chi connectivity index (χ3n) is 4.79. The molecule has 0 bridgehead atoms. The van der Waals surface area contributed by atoms with Crippen LogP contribution in [0.2, 0.25) is 5.02 Å². The van der Waals surface area contributed by atoms with Gasteiger partial charge in [0.1, 0.15) is 17.1 Å². The first-order valence-electron chi connectivity index (χ1n) is 9.39. The second-order valence-electron chi connectivity index (χ2n) is 6.75. The number of pyridine rings is 2. The number of aromatic hydroxyl groups is 1. The van der Waals surface area contributed by atoms with Gasteiger partial charge in [-0.05, 0) is 42.0 Å². The molecule has 2 N–H and O–H groups in total. The van der Waals surface area contributed by atoms with E-state index in [0.29, 0.717) is 16.5 Å². The van der Waals surface area contributed by atoms with Gasteiger partial charge in [0.2, 0.25) is 0 Å². The third-order valence-corrected chi connectivity index (χ3v) is 5.02. The first-order valence-corrected chi connectivity index (χ1v) is 9.77. The fraction of sp³-hybridized carbons (Fsp3) is 0.0870. The van der Waals surface area contributed by atoms with Crippen molar-refractivity contribution >= 4 is 28.5 Å². The molecule has 0 fully saturated rings. The summed E-state index contributed by atoms with van der Waals surface area (Å²) in [5.74, 6) is -0.589. The highest BCUT2D eigenvalue weighted by molar-refractivity contribution is 6.30. The number of hydrogen-bond donors (Lipinski definition) is 2. The van der Waals surface area contributed by atoms with Crippen molar-refractivity contribution in [3.63, 3.8) is 0 Å². The van der Waals surface area contributed by atoms with Crippen molar-refractivity contribution in [2.45, 2.75) is 6.54 Å². The molecule has 2 heterocycles. The Bertz CT molecular complexity index is 1350. The summed E-state index contributed by atoms with van der Waals surface area (Å²) in [6.45, 7) is 0.141. The molecule has 4 aromatic rings. The van der Waals surface area contributed by atoms with Gasteiger partial charge in [0.15, 0.2) is 5.65 Å². The number of amides is 1. The van der Waals surface area contributed by atoms with E-state index in [1.54, 1.807) is 60.7 Å². The number of nitrogens with one attached hydrogen (secondary N) is 1. The summed E-state index contributed by atoms with van der Waals surface area (Å²) in [4.78, 5) is 30.5. The highest BCUT2D eigenvalue weighted by Crippen LogP contribution is 2.27. The molecule has 1 amide bonds. The number of aromatic nitrogens is 2. The molecule has 0 aliphatic rings. The summed E-state index contributed by atoms with van der Waals surface area (Å²) in [5.41, 5.74) is 0.378. The van der Waals surface area contributed by atoms with E-state index < -0.39 is 17.2 Å². The second kappa shape index (κ2) is 8.49. The minimum absolute atomic E-state index is 0.141. The largest absolute Gasteiger partial charge is 0.506 e. The Morgan fingerprint density at radius 1 is 1.16 bits per heavy atom. The van der Waals surface area contributed by atoms with Gasteiger partial charge in [-0.1, -0.05) is 29.8 Å². The van der Waals surface area contributed by atoms with E-state index in [2.05, 4.69) is 10.3 Å². The van der Waals surface area contributed by atoms with E-state index in [-0.39, 0.29) is 23.1 Å². The molecule has 7 nitrogen and oxygen atoms in total. The predicted octanol–water partition coefficient (Wildman–Crippen LogP) is 3.68. The molecule has 4 rings (SSSR count). The lowest BCUT2D eigenvalue weighted by molar-refractivity contribution is 0.0946. The van der Waals surface area contributed by atoms with Gasteiger partial charge in [0.05, 0.1) is 18.2 Å². The maximum Gasteiger partial charge on any atom is 0.273 e. The van der Waals surface area contributed by atoms with Crippen molar-refractivity contribution in [1.82, 2.24) is 14.9 Å². The Kier molecular flexibility index (Phi) is 5.60. The standard InChI is InChI=1S/C23H18ClN3O4/c1-31-17-8-3-7-16(12-17)27-21-18(9-4-10-25-21)20(28)19(23(27)30)22(29)26-13-14-5-2-6-15(24)11-14/h2-12,28H,13H2,1H3,(H,26,29). The van der Waals surface area contributed by atoms with Crippen LogP contribution in [0, 0.1) is 0 Å². The van der Waals surface area contributed by atoms with Crippen LogP contribution in [-0.2, 0) is 6.54 Å². The Balaban J connectivity index is 1.84. The molecular weight excluding hydrogens is 418 g/mol. The molecule has 0 atom stereocenters. The Hall–Kier alpha value is -3.84. The SMILES string of the molecule is COc1cccc(-n2c(=O)c(C(=O)NCc3cccc(Cl)c3)c(O)c3cccnc32)c1. The molecule has 0 aliphatic heterocycles. The molecule has 0 unspecified atom stereocenters. The van der Waals surface area contributed by atoms with Crippen molar-refractivity contribution in [3.05, 3.63) is 93.4 Å². The van der Waals surface area contributed by atoms with Crippen LogP contribution < -0.4 is 15.6 Å². The van der Waals surface area contributed by atoms with E-state index in [1.807, 2.05) is 0 Å². The third kappa shape index (κ3) is 3.95. The lowest BCUT2D eigenvalue weighted by Gasteiger charge is -2.15. The summed E-state index contributed by atoms with van der Waals surface area (Å²) in [7, 11) is 1.52. The minimum atomic E-state index is -0.704. The molecule has 2 aromatic heterocycles. The van der Waals surface area contributed by atoms with E-state index in [4.69, 9.17) is 16.3 Å². The average Bonchev–Trinajstić information content (AvgIpc) is 2.78. The molecule has 0 radical (unpaired) electrons. The zero-order valence-electron chi connectivity index (χ0n) is 16.5. The number of hydrogen-bond acceptors (Lipinski definition) is 5. The molecule has 0 aliphatic carbocycles. The number of ether oxygens (including phenoxy) is 1. The van der Waals surface area contributed by atoms with Crippen LogP contribution in [0.1, 0.15) is 15.9 Å². The average molecular weight is 436 g/mol. The van der Waals surface area contributed by atoms with E-state index in [1.165, 1.54) is 17.9 Å². The molecule has 0 saturated carbocycles. The summed E-state index contributed by atoms with van der Waals surface area (Å²) in [6.07, 6.45) is 1.51. The van der Waals surface area contributed by atoms with Gasteiger partial charge >= 0.3 is 0 Å². The lowest BCUT2D eigenvalue weighted by atomic mass is 10.1. The van der Waals surface area contributed by atoms with Crippen LogP contribution in [0.5, 0.6) is 11.5 Å². The smallest absolute Gasteiger partial charge is 0.273 e. The van der Waals surface area contributed by atoms with Gasteiger partial charge in [0.25, 0.3) is 11.5 Å². The normalized spacial score (nSPS) is 10.8. The van der Waals surface area contributed by atoms with Gasteiger partial charge in [-0.3, -0.25) is 14.2 Å². The number of fused-ring (bicyclic) bond motifs is 1. The van der Waals surface area contributed by atoms with E-state index in [9.17, 15) is 14.7 Å². The molecular formula is C23H18ClN3O4. The summed E-state index contributed by atoms with van der Waals surface area (Å²) < 4.78 is 6.54. The van der Waals surface area contributed by atoms with Crippen molar-refractivity contribution in [3.8, 4) is 17.2 Å². The molecule has 0 spiro atoms. The van der Waals surface area contributed by atoms with E-state index in [0.717, 1.165) is 5.56 Å². The van der Waals surface area contributed by atoms with Crippen LogP contribution in [0.25, 0.3) is 16.7 Å². The lowest BCUT2D eigenvalue weighted by Crippen LogP contribution is -2.33. The first-order chi connectivity index (χ1) is 15.0. The van der Waals surface area contributed by atoms with Crippen LogP contribution in [-0.4, -0.2) is 27.7 Å². The molecule has 8 heteroatoms. The Labute approximate surface area is 182 Å². The maximum atomic E-state index is 13.4. The Morgan fingerprint density at radius 3 is 2.74 bits per heavy atom. The van der Waals surface area contributed by atoms with Crippen LogP contribution in [0.3, 0.4) is 0 Å². The fourth-order valence-electron chi connectivity index (χ4n) is 3.32. The number of nitrogens with zero attached hydrogens (tertiary/aromatic N) is 2. The summed E-state index contributed by atoms with van der Waals surface area (Å²) in [6, 6.07) is 17.0. The zero-order valence-corrected chi connectivity index (χ0v) is 17.3. The minimum Gasteiger partial charge on any atom is -0.506 e. The quantitative estimate of drug-likeness (QED) is 0.498. The van der Waals surface area contributed by atoms with Crippen molar-refractivity contribution in [2.75, 3.05) is 7.11 Å². The van der Waals surface area contributed by atoms with Crippen molar-refractivity contribution in [2.24, 2.45) is 0 Å². The van der Waals surface area contributed by atoms with Crippen molar-refractivity contribution in [1.29, 1.82) is 0 Å². The van der Waals surface area contributed by atoms with Gasteiger partial charge < -0.3 is 15.2 Å².